The van der Waals surface area contributed by atoms with Crippen molar-refractivity contribution in [3.05, 3.63) is 65.4 Å². The van der Waals surface area contributed by atoms with Crippen molar-refractivity contribution in [2.24, 2.45) is 4.99 Å². The van der Waals surface area contributed by atoms with Crippen LogP contribution in [0.5, 0.6) is 11.5 Å². The highest BCUT2D eigenvalue weighted by Gasteiger charge is 2.24. The average Bonchev–Trinajstić information content (AvgIpc) is 2.96. The second-order valence-electron chi connectivity index (χ2n) is 4.81. The summed E-state index contributed by atoms with van der Waals surface area (Å²) in [5.41, 5.74) is 1.71. The molecule has 0 fully saturated rings. The minimum Gasteiger partial charge on any atom is -0.497 e. The van der Waals surface area contributed by atoms with Gasteiger partial charge in [0.2, 0.25) is 5.90 Å². The Hall–Kier alpha value is -3.08. The molecule has 5 heteroatoms. The van der Waals surface area contributed by atoms with Crippen molar-refractivity contribution in [2.75, 3.05) is 14.2 Å². The van der Waals surface area contributed by atoms with Crippen molar-refractivity contribution < 1.29 is 19.0 Å². The molecule has 0 saturated heterocycles. The van der Waals surface area contributed by atoms with Gasteiger partial charge in [-0.05, 0) is 36.4 Å². The third-order valence-corrected chi connectivity index (χ3v) is 3.39. The number of carbonyl (C=O) groups is 1. The Kier molecular flexibility index (Phi) is 4.10. The summed E-state index contributed by atoms with van der Waals surface area (Å²) in [5, 5.41) is 0. The van der Waals surface area contributed by atoms with Gasteiger partial charge in [0.15, 0.2) is 5.70 Å². The van der Waals surface area contributed by atoms with E-state index in [1.807, 2.05) is 24.3 Å². The third kappa shape index (κ3) is 3.08. The normalized spacial score (nSPS) is 15.3. The molecule has 0 spiro atoms. The molecular formula is C18H15NO4. The van der Waals surface area contributed by atoms with Crippen molar-refractivity contribution in [3.63, 3.8) is 0 Å². The van der Waals surface area contributed by atoms with Crippen molar-refractivity contribution in [3.8, 4) is 11.5 Å². The van der Waals surface area contributed by atoms with Gasteiger partial charge in [0.1, 0.15) is 11.5 Å². The van der Waals surface area contributed by atoms with Gasteiger partial charge >= 0.3 is 5.97 Å². The van der Waals surface area contributed by atoms with Crippen LogP contribution < -0.4 is 9.47 Å². The summed E-state index contributed by atoms with van der Waals surface area (Å²) in [6.45, 7) is 0. The van der Waals surface area contributed by atoms with Crippen LogP contribution >= 0.6 is 0 Å². The summed E-state index contributed by atoms with van der Waals surface area (Å²) in [6, 6.07) is 14.5. The molecule has 1 aliphatic heterocycles. The zero-order valence-corrected chi connectivity index (χ0v) is 12.8. The van der Waals surface area contributed by atoms with Gasteiger partial charge in [0.25, 0.3) is 0 Å². The van der Waals surface area contributed by atoms with E-state index in [-0.39, 0.29) is 11.6 Å². The lowest BCUT2D eigenvalue weighted by Crippen LogP contribution is -2.05. The summed E-state index contributed by atoms with van der Waals surface area (Å²) < 4.78 is 15.6. The maximum Gasteiger partial charge on any atom is 0.363 e. The Morgan fingerprint density at radius 2 is 1.74 bits per heavy atom. The highest BCUT2D eigenvalue weighted by molar-refractivity contribution is 6.13. The van der Waals surface area contributed by atoms with E-state index in [4.69, 9.17) is 14.2 Å². The van der Waals surface area contributed by atoms with Crippen LogP contribution in [0.1, 0.15) is 11.1 Å². The minimum atomic E-state index is -0.485. The number of nitrogens with zero attached hydrogens (tertiary/aromatic N) is 1. The third-order valence-electron chi connectivity index (χ3n) is 3.39. The Labute approximate surface area is 133 Å². The Balaban J connectivity index is 1.93. The molecule has 116 valence electrons. The minimum absolute atomic E-state index is 0.236. The number of benzene rings is 2. The van der Waals surface area contributed by atoms with Crippen LogP contribution in [0, 0.1) is 0 Å². The largest absolute Gasteiger partial charge is 0.497 e. The standard InChI is InChI=1S/C18H15NO4/c1-21-14-9-7-12(8-10-14)17-19-15(18(20)23-17)11-13-5-3-4-6-16(13)22-2/h3-11H,1-2H3/b15-11-. The highest BCUT2D eigenvalue weighted by atomic mass is 16.6. The van der Waals surface area contributed by atoms with E-state index >= 15 is 0 Å². The first-order valence-corrected chi connectivity index (χ1v) is 7.01. The fourth-order valence-corrected chi connectivity index (χ4v) is 2.20. The number of ether oxygens (including phenoxy) is 3. The molecule has 0 unspecified atom stereocenters. The van der Waals surface area contributed by atoms with Crippen LogP contribution in [-0.2, 0) is 9.53 Å². The van der Waals surface area contributed by atoms with Crippen molar-refractivity contribution in [1.82, 2.24) is 0 Å². The van der Waals surface area contributed by atoms with E-state index in [0.717, 1.165) is 11.3 Å². The van der Waals surface area contributed by atoms with Crippen LogP contribution in [0.3, 0.4) is 0 Å². The Morgan fingerprint density at radius 3 is 2.43 bits per heavy atom. The Bertz CT molecular complexity index is 791. The first-order chi connectivity index (χ1) is 11.2. The SMILES string of the molecule is COc1ccc(C2=N/C(=C\c3ccccc3OC)C(=O)O2)cc1. The number of esters is 1. The van der Waals surface area contributed by atoms with Crippen LogP contribution in [0.15, 0.2) is 59.2 Å². The fraction of sp³-hybridized carbons (Fsp3) is 0.111. The van der Waals surface area contributed by atoms with Gasteiger partial charge in [0.05, 0.1) is 14.2 Å². The van der Waals surface area contributed by atoms with Gasteiger partial charge in [-0.2, -0.15) is 0 Å². The number of carbonyl (C=O) groups excluding carboxylic acids is 1. The van der Waals surface area contributed by atoms with Crippen molar-refractivity contribution in [2.45, 2.75) is 0 Å². The summed E-state index contributed by atoms with van der Waals surface area (Å²) in [4.78, 5) is 16.3. The number of para-hydroxylation sites is 1. The average molecular weight is 309 g/mol. The summed E-state index contributed by atoms with van der Waals surface area (Å²) in [6.07, 6.45) is 1.65. The van der Waals surface area contributed by atoms with Gasteiger partial charge in [0, 0.05) is 11.1 Å². The molecule has 0 N–H and O–H groups in total. The molecule has 1 aliphatic rings. The molecule has 0 radical (unpaired) electrons. The molecule has 0 bridgehead atoms. The number of cyclic esters (lactones) is 1. The summed E-state index contributed by atoms with van der Waals surface area (Å²) >= 11 is 0. The van der Waals surface area contributed by atoms with Crippen LogP contribution in [0.25, 0.3) is 6.08 Å². The number of methoxy groups -OCH3 is 2. The predicted octanol–water partition coefficient (Wildman–Crippen LogP) is 3.05. The lowest BCUT2D eigenvalue weighted by molar-refractivity contribution is -0.129. The van der Waals surface area contributed by atoms with Gasteiger partial charge in [-0.1, -0.05) is 18.2 Å². The molecular weight excluding hydrogens is 294 g/mol. The quantitative estimate of drug-likeness (QED) is 0.643. The molecule has 1 heterocycles. The van der Waals surface area contributed by atoms with Crippen molar-refractivity contribution >= 4 is 17.9 Å². The lowest BCUT2D eigenvalue weighted by Gasteiger charge is -2.03. The van der Waals surface area contributed by atoms with E-state index in [2.05, 4.69) is 4.99 Å². The molecule has 2 aromatic rings. The molecule has 0 saturated carbocycles. The van der Waals surface area contributed by atoms with E-state index in [1.165, 1.54) is 0 Å². The maximum absolute atomic E-state index is 12.0. The topological polar surface area (TPSA) is 57.1 Å². The number of hydrogen-bond donors (Lipinski definition) is 0. The molecule has 5 nitrogen and oxygen atoms in total. The molecule has 23 heavy (non-hydrogen) atoms. The predicted molar refractivity (Wildman–Crippen MR) is 86.6 cm³/mol. The summed E-state index contributed by atoms with van der Waals surface area (Å²) in [5.74, 6) is 1.19. The van der Waals surface area contributed by atoms with E-state index in [0.29, 0.717) is 11.3 Å². The van der Waals surface area contributed by atoms with Gasteiger partial charge < -0.3 is 14.2 Å². The van der Waals surface area contributed by atoms with E-state index in [1.54, 1.807) is 44.6 Å². The maximum atomic E-state index is 12.0. The first-order valence-electron chi connectivity index (χ1n) is 7.01. The molecule has 3 rings (SSSR count). The monoisotopic (exact) mass is 309 g/mol. The molecule has 0 amide bonds. The number of rotatable bonds is 4. The molecule has 2 aromatic carbocycles. The van der Waals surface area contributed by atoms with Crippen LogP contribution in [0.4, 0.5) is 0 Å². The molecule has 0 aliphatic carbocycles. The van der Waals surface area contributed by atoms with Gasteiger partial charge in [-0.25, -0.2) is 9.79 Å². The van der Waals surface area contributed by atoms with Crippen LogP contribution in [-0.4, -0.2) is 26.1 Å². The molecule has 0 aromatic heterocycles. The molecule has 0 atom stereocenters. The second-order valence-corrected chi connectivity index (χ2v) is 4.81. The van der Waals surface area contributed by atoms with Gasteiger partial charge in [-0.15, -0.1) is 0 Å². The smallest absolute Gasteiger partial charge is 0.363 e. The highest BCUT2D eigenvalue weighted by Crippen LogP contribution is 2.24. The Morgan fingerprint density at radius 1 is 1.00 bits per heavy atom. The zero-order chi connectivity index (χ0) is 16.2. The second kappa shape index (κ2) is 6.36. The van der Waals surface area contributed by atoms with Gasteiger partial charge in [-0.3, -0.25) is 0 Å². The summed E-state index contributed by atoms with van der Waals surface area (Å²) in [7, 11) is 3.17. The van der Waals surface area contributed by atoms with Crippen molar-refractivity contribution in [1.29, 1.82) is 0 Å². The number of aliphatic imine (C=N–C) groups is 1. The first kappa shape index (κ1) is 14.8. The number of hydrogen-bond acceptors (Lipinski definition) is 5. The van der Waals surface area contributed by atoms with E-state index in [9.17, 15) is 4.79 Å². The van der Waals surface area contributed by atoms with E-state index < -0.39 is 5.97 Å². The van der Waals surface area contributed by atoms with Crippen LogP contribution in [0.2, 0.25) is 0 Å². The zero-order valence-electron chi connectivity index (χ0n) is 12.8. The lowest BCUT2D eigenvalue weighted by atomic mass is 10.1. The fourth-order valence-electron chi connectivity index (χ4n) is 2.20.